The Morgan fingerprint density at radius 2 is 0.903 bits per heavy atom. The fraction of sp³-hybridized carbons (Fsp3) is 0.105. The molecular formula is C57H43N5. The number of fused-ring (bicyclic) bond motifs is 7. The average Bonchev–Trinajstić information content (AvgIpc) is 3.88. The second kappa shape index (κ2) is 15.1. The number of hydrogen-bond acceptors (Lipinski definition) is 3. The van der Waals surface area contributed by atoms with Crippen molar-refractivity contribution in [1.29, 1.82) is 0 Å². The Hall–Kier alpha value is -7.63. The third kappa shape index (κ3) is 5.95. The highest BCUT2D eigenvalue weighted by atomic mass is 15.2. The summed E-state index contributed by atoms with van der Waals surface area (Å²) in [5.74, 6) is 2.44. The minimum atomic E-state index is 0.481. The molecule has 1 saturated carbocycles. The Morgan fingerprint density at radius 3 is 1.60 bits per heavy atom. The first-order chi connectivity index (χ1) is 30.8. The first-order valence-corrected chi connectivity index (χ1v) is 21.9. The van der Waals surface area contributed by atoms with Crippen molar-refractivity contribution in [3.8, 4) is 56.7 Å². The van der Waals surface area contributed by atoms with Crippen LogP contribution < -0.4 is 0 Å². The lowest BCUT2D eigenvalue weighted by molar-refractivity contribution is 0.444. The first kappa shape index (κ1) is 36.2. The Labute approximate surface area is 360 Å². The molecule has 11 aromatic rings. The largest absolute Gasteiger partial charge is 0.307 e. The molecule has 1 aliphatic rings. The van der Waals surface area contributed by atoms with Crippen LogP contribution in [-0.4, -0.2) is 24.1 Å². The van der Waals surface area contributed by atoms with Gasteiger partial charge < -0.3 is 4.57 Å². The van der Waals surface area contributed by atoms with Gasteiger partial charge in [-0.2, -0.15) is 9.97 Å². The van der Waals surface area contributed by atoms with Crippen molar-refractivity contribution in [1.82, 2.24) is 24.1 Å². The van der Waals surface area contributed by atoms with Crippen LogP contribution in [0.3, 0.4) is 0 Å². The molecule has 0 spiro atoms. The van der Waals surface area contributed by atoms with E-state index in [0.717, 1.165) is 55.2 Å². The number of rotatable bonds is 7. The molecule has 1 fully saturated rings. The van der Waals surface area contributed by atoms with Crippen molar-refractivity contribution >= 4 is 43.6 Å². The zero-order chi connectivity index (χ0) is 41.0. The van der Waals surface area contributed by atoms with Crippen LogP contribution in [0.4, 0.5) is 0 Å². The highest BCUT2D eigenvalue weighted by Crippen LogP contribution is 2.45. The Bertz CT molecular complexity index is 3430. The number of hydrogen-bond donors (Lipinski definition) is 0. The molecule has 3 aromatic heterocycles. The zero-order valence-electron chi connectivity index (χ0n) is 34.3. The van der Waals surface area contributed by atoms with E-state index in [2.05, 4.69) is 197 Å². The van der Waals surface area contributed by atoms with Crippen LogP contribution in [-0.2, 0) is 0 Å². The molecule has 8 aromatic carbocycles. The molecule has 0 unspecified atom stereocenters. The van der Waals surface area contributed by atoms with Gasteiger partial charge >= 0.3 is 0 Å². The normalized spacial score (nSPS) is 13.4. The van der Waals surface area contributed by atoms with E-state index in [4.69, 9.17) is 15.0 Å². The predicted octanol–water partition coefficient (Wildman–Crippen LogP) is 14.8. The molecule has 0 bridgehead atoms. The van der Waals surface area contributed by atoms with Crippen molar-refractivity contribution < 1.29 is 0 Å². The summed E-state index contributed by atoms with van der Waals surface area (Å²) >= 11 is 0. The second-order valence-corrected chi connectivity index (χ2v) is 16.6. The summed E-state index contributed by atoms with van der Waals surface area (Å²) in [6.07, 6.45) is 6.18. The van der Waals surface area contributed by atoms with Crippen LogP contribution in [0.1, 0.15) is 43.6 Å². The van der Waals surface area contributed by atoms with E-state index in [1.807, 2.05) is 6.07 Å². The molecule has 1 aliphatic carbocycles. The lowest BCUT2D eigenvalue weighted by Crippen LogP contribution is -2.10. The van der Waals surface area contributed by atoms with E-state index in [-0.39, 0.29) is 0 Å². The number of para-hydroxylation sites is 2. The van der Waals surface area contributed by atoms with E-state index in [9.17, 15) is 0 Å². The topological polar surface area (TPSA) is 48.5 Å². The van der Waals surface area contributed by atoms with E-state index >= 15 is 0 Å². The minimum Gasteiger partial charge on any atom is -0.307 e. The van der Waals surface area contributed by atoms with Gasteiger partial charge in [0.05, 0.1) is 27.8 Å². The van der Waals surface area contributed by atoms with Gasteiger partial charge in [-0.05, 0) is 59.2 Å². The average molecular weight is 798 g/mol. The predicted molar refractivity (Wildman–Crippen MR) is 256 cm³/mol. The summed E-state index contributed by atoms with van der Waals surface area (Å²) in [5, 5.41) is 4.64. The molecule has 0 atom stereocenters. The van der Waals surface area contributed by atoms with Gasteiger partial charge in [-0.25, -0.2) is 4.98 Å². The van der Waals surface area contributed by atoms with Crippen LogP contribution in [0, 0.1) is 0 Å². The molecular weight excluding hydrogens is 755 g/mol. The van der Waals surface area contributed by atoms with E-state index < -0.39 is 0 Å². The molecule has 12 rings (SSSR count). The highest BCUT2D eigenvalue weighted by molar-refractivity contribution is 6.24. The summed E-state index contributed by atoms with van der Waals surface area (Å²) in [6, 6.07) is 69.6. The Morgan fingerprint density at radius 1 is 0.371 bits per heavy atom. The fourth-order valence-electron chi connectivity index (χ4n) is 10.2. The van der Waals surface area contributed by atoms with Crippen LogP contribution in [0.2, 0.25) is 0 Å². The quantitative estimate of drug-likeness (QED) is 0.161. The van der Waals surface area contributed by atoms with Crippen molar-refractivity contribution in [2.24, 2.45) is 0 Å². The minimum absolute atomic E-state index is 0.481. The van der Waals surface area contributed by atoms with Gasteiger partial charge in [0.2, 0.25) is 5.95 Å². The molecule has 0 radical (unpaired) electrons. The maximum absolute atomic E-state index is 5.54. The SMILES string of the molecule is c1ccc(-c2nc(-c3ccccc3C3CCCCC3)nc(-n3c4ccccc4c4ccc5c6ccccc6n(-c6cccc(-c7ccccc7)c6-c6ccccc6)c5c43)n2)cc1. The Kier molecular flexibility index (Phi) is 8.84. The second-order valence-electron chi connectivity index (χ2n) is 16.6. The van der Waals surface area contributed by atoms with Crippen molar-refractivity contribution in [2.45, 2.75) is 38.0 Å². The van der Waals surface area contributed by atoms with Gasteiger partial charge in [-0.15, -0.1) is 0 Å². The lowest BCUT2D eigenvalue weighted by atomic mass is 9.82. The number of aromatic nitrogens is 5. The van der Waals surface area contributed by atoms with Crippen LogP contribution in [0.5, 0.6) is 0 Å². The van der Waals surface area contributed by atoms with Crippen molar-refractivity contribution in [3.05, 3.63) is 200 Å². The summed E-state index contributed by atoms with van der Waals surface area (Å²) < 4.78 is 4.81. The molecule has 0 saturated heterocycles. The van der Waals surface area contributed by atoms with E-state index in [1.165, 1.54) is 65.1 Å². The van der Waals surface area contributed by atoms with Gasteiger partial charge in [0, 0.05) is 38.2 Å². The standard InChI is InChI=1S/C57H43N5/c1-5-20-38(21-6-1)42-28-13-14-31-48(42)56-58-55(41-26-11-4-12-27-41)59-57(60-56)62-50-34-18-16-30-45(50)47-37-36-46-44-29-15-17-33-49(44)61(53(46)54(47)62)51-35-19-32-43(39-22-7-2-8-23-39)52(51)40-24-9-3-10-25-40/h2-4,7-19,22-38H,1,5-6,20-21H2. The first-order valence-electron chi connectivity index (χ1n) is 21.9. The van der Waals surface area contributed by atoms with Crippen molar-refractivity contribution in [2.75, 3.05) is 0 Å². The lowest BCUT2D eigenvalue weighted by Gasteiger charge is -2.24. The summed E-state index contributed by atoms with van der Waals surface area (Å²) in [6.45, 7) is 0. The molecule has 62 heavy (non-hydrogen) atoms. The zero-order valence-corrected chi connectivity index (χ0v) is 34.3. The molecule has 5 heteroatoms. The molecule has 296 valence electrons. The number of nitrogens with zero attached hydrogens (tertiary/aromatic N) is 5. The summed E-state index contributed by atoms with van der Waals surface area (Å²) in [5.41, 5.74) is 13.5. The van der Waals surface area contributed by atoms with Gasteiger partial charge in [-0.3, -0.25) is 4.57 Å². The van der Waals surface area contributed by atoms with Crippen LogP contribution in [0.15, 0.2) is 194 Å². The van der Waals surface area contributed by atoms with Gasteiger partial charge in [-0.1, -0.05) is 195 Å². The fourth-order valence-corrected chi connectivity index (χ4v) is 10.2. The summed E-state index contributed by atoms with van der Waals surface area (Å²) in [7, 11) is 0. The van der Waals surface area contributed by atoms with E-state index in [1.54, 1.807) is 0 Å². The van der Waals surface area contributed by atoms with Gasteiger partial charge in [0.25, 0.3) is 0 Å². The molecule has 0 amide bonds. The summed E-state index contributed by atoms with van der Waals surface area (Å²) in [4.78, 5) is 16.3. The maximum Gasteiger partial charge on any atom is 0.238 e. The third-order valence-corrected chi connectivity index (χ3v) is 13.0. The monoisotopic (exact) mass is 797 g/mol. The van der Waals surface area contributed by atoms with Gasteiger partial charge in [0.1, 0.15) is 0 Å². The van der Waals surface area contributed by atoms with E-state index in [0.29, 0.717) is 23.5 Å². The van der Waals surface area contributed by atoms with Crippen LogP contribution in [0.25, 0.3) is 100 Å². The number of benzene rings is 8. The van der Waals surface area contributed by atoms with Crippen LogP contribution >= 0.6 is 0 Å². The Balaban J connectivity index is 1.22. The highest BCUT2D eigenvalue weighted by Gasteiger charge is 2.26. The molecule has 0 aliphatic heterocycles. The maximum atomic E-state index is 5.54. The molecule has 0 N–H and O–H groups in total. The van der Waals surface area contributed by atoms with Crippen molar-refractivity contribution in [3.63, 3.8) is 0 Å². The molecule has 5 nitrogen and oxygen atoms in total. The smallest absolute Gasteiger partial charge is 0.238 e. The van der Waals surface area contributed by atoms with Gasteiger partial charge in [0.15, 0.2) is 11.6 Å². The third-order valence-electron chi connectivity index (χ3n) is 13.0. The molecule has 3 heterocycles.